The van der Waals surface area contributed by atoms with E-state index in [2.05, 4.69) is 17.2 Å². The first-order valence-electron chi connectivity index (χ1n) is 5.57. The van der Waals surface area contributed by atoms with E-state index in [1.165, 1.54) is 25.7 Å². The summed E-state index contributed by atoms with van der Waals surface area (Å²) < 4.78 is 0.781. The van der Waals surface area contributed by atoms with E-state index in [4.69, 9.17) is 11.6 Å². The summed E-state index contributed by atoms with van der Waals surface area (Å²) in [6.07, 6.45) is 7.09. The van der Waals surface area contributed by atoms with Crippen molar-refractivity contribution in [2.75, 3.05) is 0 Å². The van der Waals surface area contributed by atoms with Crippen LogP contribution in [0.25, 0.3) is 0 Å². The van der Waals surface area contributed by atoms with Crippen molar-refractivity contribution >= 4 is 22.9 Å². The number of aromatic nitrogens is 1. The molecule has 2 rings (SSSR count). The maximum atomic E-state index is 5.83. The first-order chi connectivity index (χ1) is 7.24. The van der Waals surface area contributed by atoms with Crippen LogP contribution in [0.5, 0.6) is 0 Å². The summed E-state index contributed by atoms with van der Waals surface area (Å²) in [5.74, 6) is 0.871. The number of nitrogens with zero attached hydrogens (tertiary/aromatic N) is 1. The number of hydrogen-bond acceptors (Lipinski definition) is 3. The second kappa shape index (κ2) is 5.28. The first kappa shape index (κ1) is 11.4. The Morgan fingerprint density at radius 1 is 1.60 bits per heavy atom. The van der Waals surface area contributed by atoms with Gasteiger partial charge in [0.15, 0.2) is 0 Å². The zero-order chi connectivity index (χ0) is 10.7. The van der Waals surface area contributed by atoms with Crippen molar-refractivity contribution in [2.45, 2.75) is 45.2 Å². The molecule has 0 saturated heterocycles. The molecule has 0 aromatic carbocycles. The van der Waals surface area contributed by atoms with E-state index in [0.717, 1.165) is 21.8 Å². The van der Waals surface area contributed by atoms with Crippen molar-refractivity contribution in [2.24, 2.45) is 5.92 Å². The van der Waals surface area contributed by atoms with Gasteiger partial charge in [0.05, 0.1) is 6.20 Å². The van der Waals surface area contributed by atoms with Gasteiger partial charge in [-0.3, -0.25) is 0 Å². The molecule has 0 aliphatic heterocycles. The van der Waals surface area contributed by atoms with Gasteiger partial charge in [-0.2, -0.15) is 0 Å². The molecule has 1 saturated carbocycles. The van der Waals surface area contributed by atoms with Gasteiger partial charge in [-0.05, 0) is 18.8 Å². The summed E-state index contributed by atoms with van der Waals surface area (Å²) in [7, 11) is 0. The molecule has 1 heterocycles. The highest BCUT2D eigenvalue weighted by Gasteiger charge is 2.18. The fourth-order valence-electron chi connectivity index (χ4n) is 2.22. The Balaban J connectivity index is 1.77. The highest BCUT2D eigenvalue weighted by molar-refractivity contribution is 7.15. The molecular formula is C11H17ClN2S. The minimum atomic E-state index is 0.677. The first-order valence-corrected chi connectivity index (χ1v) is 6.77. The third-order valence-electron chi connectivity index (χ3n) is 3.00. The van der Waals surface area contributed by atoms with Crippen LogP contribution in [0, 0.1) is 5.92 Å². The molecule has 2 atom stereocenters. The molecule has 2 nitrogen and oxygen atoms in total. The number of hydrogen-bond donors (Lipinski definition) is 1. The van der Waals surface area contributed by atoms with E-state index in [1.54, 1.807) is 17.5 Å². The molecule has 1 aromatic heterocycles. The summed E-state index contributed by atoms with van der Waals surface area (Å²) in [5, 5.41) is 4.67. The van der Waals surface area contributed by atoms with Crippen LogP contribution in [0.3, 0.4) is 0 Å². The molecule has 84 valence electrons. The molecule has 0 spiro atoms. The van der Waals surface area contributed by atoms with Gasteiger partial charge in [-0.1, -0.05) is 31.4 Å². The Hall–Kier alpha value is -0.120. The van der Waals surface area contributed by atoms with Crippen molar-refractivity contribution in [3.8, 4) is 0 Å². The second-order valence-electron chi connectivity index (χ2n) is 4.41. The molecule has 15 heavy (non-hydrogen) atoms. The van der Waals surface area contributed by atoms with Crippen molar-refractivity contribution in [1.29, 1.82) is 0 Å². The Morgan fingerprint density at radius 3 is 3.13 bits per heavy atom. The Labute approximate surface area is 100 Å². The predicted molar refractivity (Wildman–Crippen MR) is 65.4 cm³/mol. The fourth-order valence-corrected chi connectivity index (χ4v) is 3.13. The van der Waals surface area contributed by atoms with E-state index in [0.29, 0.717) is 6.04 Å². The molecule has 0 amide bonds. The highest BCUT2D eigenvalue weighted by atomic mass is 35.5. The Bertz CT molecular complexity index is 313. The molecule has 1 N–H and O–H groups in total. The van der Waals surface area contributed by atoms with Crippen molar-refractivity contribution in [1.82, 2.24) is 10.3 Å². The zero-order valence-corrected chi connectivity index (χ0v) is 10.6. The summed E-state index contributed by atoms with van der Waals surface area (Å²) in [6, 6.07) is 0.677. The Kier molecular flexibility index (Phi) is 4.00. The van der Waals surface area contributed by atoms with Crippen molar-refractivity contribution < 1.29 is 0 Å². The maximum absolute atomic E-state index is 5.83. The SMILES string of the molecule is CC1CCCC(NCc2ncc(Cl)s2)C1. The van der Waals surface area contributed by atoms with Gasteiger partial charge in [0.2, 0.25) is 0 Å². The quantitative estimate of drug-likeness (QED) is 0.881. The topological polar surface area (TPSA) is 24.9 Å². The molecule has 1 aliphatic carbocycles. The number of rotatable bonds is 3. The molecule has 1 aliphatic rings. The van der Waals surface area contributed by atoms with Crippen molar-refractivity contribution in [3.05, 3.63) is 15.5 Å². The lowest BCUT2D eigenvalue weighted by Gasteiger charge is -2.27. The van der Waals surface area contributed by atoms with Crippen LogP contribution in [0.2, 0.25) is 4.34 Å². The van der Waals surface area contributed by atoms with Gasteiger partial charge in [-0.25, -0.2) is 4.98 Å². The average molecular weight is 245 g/mol. The van der Waals surface area contributed by atoms with Gasteiger partial charge in [-0.15, -0.1) is 11.3 Å². The number of nitrogens with one attached hydrogen (secondary N) is 1. The summed E-state index contributed by atoms with van der Waals surface area (Å²) in [4.78, 5) is 4.24. The van der Waals surface area contributed by atoms with E-state index in [1.807, 2.05) is 0 Å². The van der Waals surface area contributed by atoms with Gasteiger partial charge in [0.1, 0.15) is 9.34 Å². The van der Waals surface area contributed by atoms with E-state index in [-0.39, 0.29) is 0 Å². The van der Waals surface area contributed by atoms with Crippen molar-refractivity contribution in [3.63, 3.8) is 0 Å². The predicted octanol–water partition coefficient (Wildman–Crippen LogP) is 3.46. The summed E-state index contributed by atoms with van der Waals surface area (Å²) >= 11 is 7.40. The molecule has 1 aromatic rings. The van der Waals surface area contributed by atoms with E-state index < -0.39 is 0 Å². The smallest absolute Gasteiger partial charge is 0.113 e. The fraction of sp³-hybridized carbons (Fsp3) is 0.727. The maximum Gasteiger partial charge on any atom is 0.113 e. The van der Waals surface area contributed by atoms with Gasteiger partial charge < -0.3 is 5.32 Å². The minimum absolute atomic E-state index is 0.677. The molecule has 1 fully saturated rings. The van der Waals surface area contributed by atoms with Gasteiger partial charge in [0, 0.05) is 12.6 Å². The lowest BCUT2D eigenvalue weighted by molar-refractivity contribution is 0.300. The van der Waals surface area contributed by atoms with E-state index in [9.17, 15) is 0 Å². The standard InChI is InChI=1S/C11H17ClN2S/c1-8-3-2-4-9(5-8)13-7-11-14-6-10(12)15-11/h6,8-9,13H,2-5,7H2,1H3. The monoisotopic (exact) mass is 244 g/mol. The average Bonchev–Trinajstić information content (AvgIpc) is 2.62. The number of halogens is 1. The normalized spacial score (nSPS) is 26.8. The molecule has 0 bridgehead atoms. The van der Waals surface area contributed by atoms with Crippen LogP contribution in [0.15, 0.2) is 6.20 Å². The lowest BCUT2D eigenvalue weighted by atomic mass is 9.87. The van der Waals surface area contributed by atoms with Crippen LogP contribution < -0.4 is 5.32 Å². The van der Waals surface area contributed by atoms with Gasteiger partial charge >= 0.3 is 0 Å². The largest absolute Gasteiger partial charge is 0.308 e. The minimum Gasteiger partial charge on any atom is -0.308 e. The Morgan fingerprint density at radius 2 is 2.47 bits per heavy atom. The zero-order valence-electron chi connectivity index (χ0n) is 9.00. The van der Waals surface area contributed by atoms with Crippen LogP contribution in [-0.2, 0) is 6.54 Å². The van der Waals surface area contributed by atoms with Crippen LogP contribution in [0.4, 0.5) is 0 Å². The lowest BCUT2D eigenvalue weighted by Crippen LogP contribution is -2.32. The molecule has 0 radical (unpaired) electrons. The molecule has 4 heteroatoms. The third-order valence-corrected chi connectivity index (χ3v) is 4.12. The van der Waals surface area contributed by atoms with Gasteiger partial charge in [0.25, 0.3) is 0 Å². The summed E-state index contributed by atoms with van der Waals surface area (Å²) in [6.45, 7) is 3.21. The third kappa shape index (κ3) is 3.44. The van der Waals surface area contributed by atoms with Crippen LogP contribution >= 0.6 is 22.9 Å². The van der Waals surface area contributed by atoms with Crippen LogP contribution in [-0.4, -0.2) is 11.0 Å². The number of thiazole rings is 1. The second-order valence-corrected chi connectivity index (χ2v) is 6.15. The van der Waals surface area contributed by atoms with E-state index >= 15 is 0 Å². The molecule has 2 unspecified atom stereocenters. The van der Waals surface area contributed by atoms with Crippen LogP contribution in [0.1, 0.15) is 37.6 Å². The molecular weight excluding hydrogens is 228 g/mol. The summed E-state index contributed by atoms with van der Waals surface area (Å²) in [5.41, 5.74) is 0. The highest BCUT2D eigenvalue weighted by Crippen LogP contribution is 2.24.